The van der Waals surface area contributed by atoms with E-state index in [4.69, 9.17) is 5.11 Å². The molecule has 1 heterocycles. The summed E-state index contributed by atoms with van der Waals surface area (Å²) < 4.78 is 0. The summed E-state index contributed by atoms with van der Waals surface area (Å²) in [5.41, 5.74) is 1.32. The molecule has 5 heteroatoms. The van der Waals surface area contributed by atoms with Crippen LogP contribution in [0.15, 0.2) is 46.5 Å². The van der Waals surface area contributed by atoms with Gasteiger partial charge in [0.05, 0.1) is 5.56 Å². The summed E-state index contributed by atoms with van der Waals surface area (Å²) in [4.78, 5) is 16.6. The predicted molar refractivity (Wildman–Crippen MR) is 65.3 cm³/mol. The SMILES string of the molecule is Cc1cc[c-]cc1Sc1ccncc1C(=O)O.[U]. The van der Waals surface area contributed by atoms with E-state index in [9.17, 15) is 4.79 Å². The van der Waals surface area contributed by atoms with Crippen LogP contribution in [-0.2, 0) is 0 Å². The first-order chi connectivity index (χ1) is 8.18. The summed E-state index contributed by atoms with van der Waals surface area (Å²) in [7, 11) is 0. The van der Waals surface area contributed by atoms with Gasteiger partial charge in [0.2, 0.25) is 0 Å². The van der Waals surface area contributed by atoms with Crippen molar-refractivity contribution in [2.45, 2.75) is 16.7 Å². The van der Waals surface area contributed by atoms with Crippen molar-refractivity contribution in [2.24, 2.45) is 0 Å². The minimum atomic E-state index is -0.960. The summed E-state index contributed by atoms with van der Waals surface area (Å²) in [6.45, 7) is 1.98. The molecule has 0 saturated carbocycles. The van der Waals surface area contributed by atoms with Crippen molar-refractivity contribution < 1.29 is 41.0 Å². The molecule has 0 radical (unpaired) electrons. The number of carbonyl (C=O) groups is 1. The Kier molecular flexibility index (Phi) is 5.94. The number of hydrogen-bond acceptors (Lipinski definition) is 3. The van der Waals surface area contributed by atoms with E-state index in [0.717, 1.165) is 10.5 Å². The van der Waals surface area contributed by atoms with E-state index < -0.39 is 5.97 Å². The average molecular weight is 482 g/mol. The van der Waals surface area contributed by atoms with Crippen LogP contribution in [0.2, 0.25) is 0 Å². The van der Waals surface area contributed by atoms with Gasteiger partial charge in [-0.25, -0.2) is 4.79 Å². The van der Waals surface area contributed by atoms with Gasteiger partial charge in [0.15, 0.2) is 0 Å². The van der Waals surface area contributed by atoms with E-state index in [-0.39, 0.29) is 36.7 Å². The second-order valence-electron chi connectivity index (χ2n) is 3.47. The molecule has 1 N–H and O–H groups in total. The number of carboxylic acids is 1. The van der Waals surface area contributed by atoms with Gasteiger partial charge in [-0.15, -0.1) is 5.56 Å². The van der Waals surface area contributed by atoms with E-state index in [0.29, 0.717) is 4.90 Å². The fraction of sp³-hybridized carbons (Fsp3) is 0.0769. The molecule has 1 aromatic carbocycles. The van der Waals surface area contributed by atoms with Crippen LogP contribution in [0, 0.1) is 44.1 Å². The summed E-state index contributed by atoms with van der Waals surface area (Å²) in [6, 6.07) is 10.3. The van der Waals surface area contributed by atoms with Gasteiger partial charge in [0.25, 0.3) is 0 Å². The zero-order valence-electron chi connectivity index (χ0n) is 9.68. The largest absolute Gasteiger partial charge is 0.478 e. The maximum atomic E-state index is 11.0. The quantitative estimate of drug-likeness (QED) is 0.684. The Bertz CT molecular complexity index is 560. The number of carboxylic acid groups (broad SMARTS) is 1. The molecule has 0 spiro atoms. The third kappa shape index (κ3) is 3.62. The Morgan fingerprint density at radius 3 is 2.83 bits per heavy atom. The molecular formula is C13H10NO2SU-. The first-order valence-corrected chi connectivity index (χ1v) is 5.82. The number of nitrogens with zero attached hydrogens (tertiary/aromatic N) is 1. The Morgan fingerprint density at radius 1 is 1.39 bits per heavy atom. The molecule has 0 amide bonds. The topological polar surface area (TPSA) is 50.2 Å². The minimum Gasteiger partial charge on any atom is -0.478 e. The molecule has 0 atom stereocenters. The average Bonchev–Trinajstić information content (AvgIpc) is 2.32. The maximum Gasteiger partial charge on any atom is 0.338 e. The normalized spacial score (nSPS) is 9.61. The van der Waals surface area contributed by atoms with Crippen molar-refractivity contribution in [1.29, 1.82) is 0 Å². The van der Waals surface area contributed by atoms with Crippen LogP contribution in [0.1, 0.15) is 15.9 Å². The second kappa shape index (κ2) is 6.99. The summed E-state index contributed by atoms with van der Waals surface area (Å²) >= 11 is 1.42. The van der Waals surface area contributed by atoms with Crippen LogP contribution in [0.3, 0.4) is 0 Å². The van der Waals surface area contributed by atoms with Crippen molar-refractivity contribution in [3.8, 4) is 0 Å². The molecule has 0 unspecified atom stereocenters. The Labute approximate surface area is 133 Å². The molecule has 0 bridgehead atoms. The molecule has 1 aromatic heterocycles. The molecule has 0 aliphatic heterocycles. The van der Waals surface area contributed by atoms with Crippen molar-refractivity contribution >= 4 is 17.7 Å². The number of aromatic nitrogens is 1. The third-order valence-corrected chi connectivity index (χ3v) is 3.50. The Morgan fingerprint density at radius 2 is 2.17 bits per heavy atom. The molecule has 90 valence electrons. The smallest absolute Gasteiger partial charge is 0.338 e. The fourth-order valence-corrected chi connectivity index (χ4v) is 2.32. The van der Waals surface area contributed by atoms with Crippen LogP contribution in [0.5, 0.6) is 0 Å². The van der Waals surface area contributed by atoms with Gasteiger partial charge in [0.1, 0.15) is 0 Å². The van der Waals surface area contributed by atoms with Crippen LogP contribution in [-0.4, -0.2) is 16.1 Å². The molecule has 0 aliphatic carbocycles. The molecule has 0 aliphatic rings. The number of aromatic carboxylic acids is 1. The van der Waals surface area contributed by atoms with E-state index in [1.165, 1.54) is 18.0 Å². The standard InChI is InChI=1S/C13H10NO2S.U/c1-9-4-2-3-5-11(9)17-12-6-7-14-8-10(12)13(15)16;/h2,4-8H,1H3,(H,15,16);/q-1;. The van der Waals surface area contributed by atoms with Gasteiger partial charge in [-0.05, 0) is 6.07 Å². The number of hydrogen-bond donors (Lipinski definition) is 1. The van der Waals surface area contributed by atoms with Gasteiger partial charge in [-0.2, -0.15) is 36.0 Å². The Balaban J connectivity index is 0.00000162. The van der Waals surface area contributed by atoms with E-state index in [1.54, 1.807) is 12.3 Å². The molecule has 2 rings (SSSR count). The van der Waals surface area contributed by atoms with Crippen LogP contribution in [0.4, 0.5) is 0 Å². The second-order valence-corrected chi connectivity index (χ2v) is 4.55. The van der Waals surface area contributed by atoms with Crippen molar-refractivity contribution in [3.05, 3.63) is 53.9 Å². The van der Waals surface area contributed by atoms with E-state index in [1.807, 2.05) is 25.1 Å². The number of pyridine rings is 1. The minimum absolute atomic E-state index is 0. The molecule has 2 aromatic rings. The molecule has 18 heavy (non-hydrogen) atoms. The molecule has 0 saturated heterocycles. The monoisotopic (exact) mass is 482 g/mol. The van der Waals surface area contributed by atoms with Crippen molar-refractivity contribution in [1.82, 2.24) is 4.98 Å². The molecular weight excluding hydrogens is 472 g/mol. The van der Waals surface area contributed by atoms with Crippen molar-refractivity contribution in [2.75, 3.05) is 0 Å². The Hall–Kier alpha value is -0.758. The van der Waals surface area contributed by atoms with Gasteiger partial charge < -0.3 is 5.11 Å². The number of rotatable bonds is 3. The predicted octanol–water partition coefficient (Wildman–Crippen LogP) is 3.04. The third-order valence-electron chi connectivity index (χ3n) is 2.26. The molecule has 0 fully saturated rings. The number of aryl methyl sites for hydroxylation is 1. The first kappa shape index (κ1) is 15.3. The van der Waals surface area contributed by atoms with Crippen LogP contribution in [0.25, 0.3) is 0 Å². The van der Waals surface area contributed by atoms with E-state index >= 15 is 0 Å². The van der Waals surface area contributed by atoms with Gasteiger partial charge in [-0.3, -0.25) is 4.98 Å². The van der Waals surface area contributed by atoms with E-state index in [2.05, 4.69) is 11.1 Å². The van der Waals surface area contributed by atoms with Crippen LogP contribution < -0.4 is 0 Å². The molecule has 3 nitrogen and oxygen atoms in total. The summed E-state index contributed by atoms with van der Waals surface area (Å²) in [5, 5.41) is 9.05. The van der Waals surface area contributed by atoms with Gasteiger partial charge in [-0.1, -0.05) is 11.8 Å². The number of benzene rings is 1. The summed E-state index contributed by atoms with van der Waals surface area (Å²) in [6.07, 6.45) is 2.96. The fourth-order valence-electron chi connectivity index (χ4n) is 1.35. The van der Waals surface area contributed by atoms with Crippen LogP contribution >= 0.6 is 11.8 Å². The van der Waals surface area contributed by atoms with Gasteiger partial charge >= 0.3 is 5.97 Å². The van der Waals surface area contributed by atoms with Gasteiger partial charge in [0, 0.05) is 48.4 Å². The maximum absolute atomic E-state index is 11.0. The first-order valence-electron chi connectivity index (χ1n) is 5.00. The summed E-state index contributed by atoms with van der Waals surface area (Å²) in [5.74, 6) is -0.960. The zero-order chi connectivity index (χ0) is 12.3. The zero-order valence-corrected chi connectivity index (χ0v) is 14.7. The van der Waals surface area contributed by atoms with Crippen molar-refractivity contribution in [3.63, 3.8) is 0 Å².